The van der Waals surface area contributed by atoms with E-state index in [2.05, 4.69) is 20.8 Å². The van der Waals surface area contributed by atoms with Gasteiger partial charge in [0.05, 0.1) is 5.92 Å². The molecule has 1 saturated carbocycles. The van der Waals surface area contributed by atoms with Gasteiger partial charge in [-0.3, -0.25) is 4.79 Å². The number of rotatable bonds is 3. The first kappa shape index (κ1) is 12.5. The summed E-state index contributed by atoms with van der Waals surface area (Å²) in [4.78, 5) is 11.7. The number of hydrogen-bond donors (Lipinski definition) is 1. The van der Waals surface area contributed by atoms with Crippen molar-refractivity contribution in [3.63, 3.8) is 0 Å². The molecule has 1 N–H and O–H groups in total. The molecule has 0 aliphatic heterocycles. The van der Waals surface area contributed by atoms with Crippen LogP contribution < -0.4 is 0 Å². The molecule has 1 rings (SSSR count). The second-order valence-corrected chi connectivity index (χ2v) is 5.03. The quantitative estimate of drug-likeness (QED) is 0.578. The molecule has 0 saturated heterocycles. The van der Waals surface area contributed by atoms with Gasteiger partial charge in [0.1, 0.15) is 0 Å². The van der Waals surface area contributed by atoms with Crippen LogP contribution in [0.25, 0.3) is 0 Å². The first-order chi connectivity index (χ1) is 7.06. The summed E-state index contributed by atoms with van der Waals surface area (Å²) in [5, 5.41) is 8.62. The van der Waals surface area contributed by atoms with Gasteiger partial charge >= 0.3 is 5.97 Å². The Bertz CT molecular complexity index is 213. The maximum atomic E-state index is 11.7. The second kappa shape index (κ2) is 5.50. The van der Waals surface area contributed by atoms with Gasteiger partial charge in [-0.1, -0.05) is 27.2 Å². The first-order valence-corrected chi connectivity index (χ1v) is 5.83. The fourth-order valence-corrected chi connectivity index (χ4v) is 2.64. The molecule has 88 valence electrons. The fourth-order valence-electron chi connectivity index (χ4n) is 2.64. The molecule has 3 nitrogen and oxygen atoms in total. The minimum Gasteiger partial charge on any atom is -0.438 e. The molecular weight excluding hydrogens is 192 g/mol. The highest BCUT2D eigenvalue weighted by atomic mass is 16.6. The number of carbonyl (C=O) groups excluding carboxylic acids is 1. The van der Waals surface area contributed by atoms with Gasteiger partial charge in [-0.15, -0.1) is 0 Å². The lowest BCUT2D eigenvalue weighted by molar-refractivity contribution is -0.161. The number of carbonyl (C=O) groups is 1. The molecule has 0 aromatic rings. The summed E-state index contributed by atoms with van der Waals surface area (Å²) in [7, 11) is 0. The van der Waals surface area contributed by atoms with Crippen molar-refractivity contribution >= 4 is 5.97 Å². The van der Waals surface area contributed by atoms with Crippen LogP contribution in [0.5, 0.6) is 0 Å². The van der Waals surface area contributed by atoms with Crippen molar-refractivity contribution in [2.45, 2.75) is 40.0 Å². The summed E-state index contributed by atoms with van der Waals surface area (Å²) in [6.45, 7) is 5.99. The van der Waals surface area contributed by atoms with E-state index in [0.717, 1.165) is 12.8 Å². The first-order valence-electron chi connectivity index (χ1n) is 5.83. The molecule has 0 heterocycles. The Morgan fingerprint density at radius 2 is 2.13 bits per heavy atom. The van der Waals surface area contributed by atoms with Crippen molar-refractivity contribution < 1.29 is 14.6 Å². The van der Waals surface area contributed by atoms with Crippen LogP contribution in [0, 0.1) is 23.7 Å². The van der Waals surface area contributed by atoms with Gasteiger partial charge in [0.15, 0.2) is 6.79 Å². The number of hydrogen-bond acceptors (Lipinski definition) is 3. The van der Waals surface area contributed by atoms with E-state index < -0.39 is 6.79 Å². The zero-order valence-corrected chi connectivity index (χ0v) is 9.90. The third-order valence-corrected chi connectivity index (χ3v) is 3.53. The van der Waals surface area contributed by atoms with Gasteiger partial charge in [-0.2, -0.15) is 0 Å². The van der Waals surface area contributed by atoms with E-state index in [1.165, 1.54) is 6.42 Å². The molecule has 3 heteroatoms. The Labute approximate surface area is 91.8 Å². The molecule has 3 unspecified atom stereocenters. The second-order valence-electron chi connectivity index (χ2n) is 5.03. The van der Waals surface area contributed by atoms with E-state index in [-0.39, 0.29) is 11.9 Å². The predicted molar refractivity (Wildman–Crippen MR) is 58.0 cm³/mol. The van der Waals surface area contributed by atoms with Crippen molar-refractivity contribution in [3.8, 4) is 0 Å². The van der Waals surface area contributed by atoms with Gasteiger partial charge in [0.25, 0.3) is 0 Å². The smallest absolute Gasteiger partial charge is 0.311 e. The van der Waals surface area contributed by atoms with E-state index in [0.29, 0.717) is 17.8 Å². The topological polar surface area (TPSA) is 46.5 Å². The van der Waals surface area contributed by atoms with Crippen LogP contribution in [-0.2, 0) is 9.53 Å². The average molecular weight is 214 g/mol. The molecule has 1 fully saturated rings. The van der Waals surface area contributed by atoms with Crippen LogP contribution in [-0.4, -0.2) is 17.9 Å². The molecule has 15 heavy (non-hydrogen) atoms. The van der Waals surface area contributed by atoms with Crippen molar-refractivity contribution in [2.24, 2.45) is 23.7 Å². The van der Waals surface area contributed by atoms with Crippen molar-refractivity contribution in [1.29, 1.82) is 0 Å². The standard InChI is InChI=1S/C12H22O3/c1-8(2)10-5-4-9(3)6-11(10)12(14)15-7-13/h8-11,13H,4-7H2,1-3H3. The molecule has 1 aliphatic carbocycles. The monoisotopic (exact) mass is 214 g/mol. The van der Waals surface area contributed by atoms with Crippen LogP contribution in [0.15, 0.2) is 0 Å². The molecule has 0 bridgehead atoms. The minimum atomic E-state index is -0.492. The summed E-state index contributed by atoms with van der Waals surface area (Å²) in [6.07, 6.45) is 3.21. The number of aliphatic hydroxyl groups excluding tert-OH is 1. The molecule has 3 atom stereocenters. The SMILES string of the molecule is CC1CCC(C(C)C)C(C(=O)OCO)C1. The number of esters is 1. The van der Waals surface area contributed by atoms with Gasteiger partial charge < -0.3 is 9.84 Å². The summed E-state index contributed by atoms with van der Waals surface area (Å²) in [6, 6.07) is 0. The minimum absolute atomic E-state index is 0.0131. The van der Waals surface area contributed by atoms with E-state index in [1.54, 1.807) is 0 Å². The van der Waals surface area contributed by atoms with Crippen LogP contribution in [0.3, 0.4) is 0 Å². The molecule has 1 aliphatic rings. The van der Waals surface area contributed by atoms with E-state index >= 15 is 0 Å². The number of aliphatic hydroxyl groups is 1. The summed E-state index contributed by atoms with van der Waals surface area (Å²) in [5.41, 5.74) is 0. The fraction of sp³-hybridized carbons (Fsp3) is 0.917. The maximum Gasteiger partial charge on any atom is 0.311 e. The third kappa shape index (κ3) is 3.20. The van der Waals surface area contributed by atoms with Crippen LogP contribution >= 0.6 is 0 Å². The largest absolute Gasteiger partial charge is 0.438 e. The third-order valence-electron chi connectivity index (χ3n) is 3.53. The molecule has 0 spiro atoms. The number of ether oxygens (including phenoxy) is 1. The summed E-state index contributed by atoms with van der Waals surface area (Å²) >= 11 is 0. The highest BCUT2D eigenvalue weighted by Gasteiger charge is 2.36. The zero-order valence-electron chi connectivity index (χ0n) is 9.90. The lowest BCUT2D eigenvalue weighted by atomic mass is 9.70. The Morgan fingerprint density at radius 1 is 1.47 bits per heavy atom. The molecule has 0 aromatic carbocycles. The van der Waals surface area contributed by atoms with Crippen LogP contribution in [0.1, 0.15) is 40.0 Å². The van der Waals surface area contributed by atoms with Gasteiger partial charge in [0, 0.05) is 0 Å². The Kier molecular flexibility index (Phi) is 4.58. The van der Waals surface area contributed by atoms with E-state index in [1.807, 2.05) is 0 Å². The maximum absolute atomic E-state index is 11.7. The van der Waals surface area contributed by atoms with Gasteiger partial charge in [-0.25, -0.2) is 0 Å². The molecule has 0 amide bonds. The van der Waals surface area contributed by atoms with Crippen molar-refractivity contribution in [3.05, 3.63) is 0 Å². The van der Waals surface area contributed by atoms with Crippen LogP contribution in [0.4, 0.5) is 0 Å². The zero-order chi connectivity index (χ0) is 11.4. The average Bonchev–Trinajstić information content (AvgIpc) is 2.17. The van der Waals surface area contributed by atoms with Gasteiger partial charge in [-0.05, 0) is 30.6 Å². The predicted octanol–water partition coefficient (Wildman–Crippen LogP) is 2.19. The van der Waals surface area contributed by atoms with E-state index in [4.69, 9.17) is 9.84 Å². The lowest BCUT2D eigenvalue weighted by Crippen LogP contribution is -2.34. The van der Waals surface area contributed by atoms with Crippen LogP contribution in [0.2, 0.25) is 0 Å². The van der Waals surface area contributed by atoms with Crippen molar-refractivity contribution in [2.75, 3.05) is 6.79 Å². The summed E-state index contributed by atoms with van der Waals surface area (Å²) < 4.78 is 4.73. The molecular formula is C12H22O3. The Balaban J connectivity index is 2.65. The summed E-state index contributed by atoms with van der Waals surface area (Å²) in [5.74, 6) is 1.29. The molecule has 0 radical (unpaired) electrons. The highest BCUT2D eigenvalue weighted by molar-refractivity contribution is 5.72. The lowest BCUT2D eigenvalue weighted by Gasteiger charge is -2.35. The van der Waals surface area contributed by atoms with Gasteiger partial charge in [0.2, 0.25) is 0 Å². The van der Waals surface area contributed by atoms with Crippen molar-refractivity contribution in [1.82, 2.24) is 0 Å². The highest BCUT2D eigenvalue weighted by Crippen LogP contribution is 2.38. The Hall–Kier alpha value is -0.570. The molecule has 0 aromatic heterocycles. The Morgan fingerprint density at radius 3 is 2.67 bits per heavy atom. The normalized spacial score (nSPS) is 31.7. The van der Waals surface area contributed by atoms with E-state index in [9.17, 15) is 4.79 Å².